The highest BCUT2D eigenvalue weighted by Crippen LogP contribution is 2.28. The maximum atomic E-state index is 12.4. The van der Waals surface area contributed by atoms with Crippen LogP contribution in [0.5, 0.6) is 5.75 Å². The summed E-state index contributed by atoms with van der Waals surface area (Å²) in [5.74, 6) is 0.362. The number of methoxy groups -OCH3 is 2. The summed E-state index contributed by atoms with van der Waals surface area (Å²) < 4.78 is 12.0. The average molecular weight is 240 g/mol. The van der Waals surface area contributed by atoms with Crippen LogP contribution in [0.4, 0.5) is 0 Å². The van der Waals surface area contributed by atoms with Gasteiger partial charge in [0, 0.05) is 14.2 Å². The van der Waals surface area contributed by atoms with E-state index in [1.54, 1.807) is 7.05 Å². The van der Waals surface area contributed by atoms with E-state index in [0.29, 0.717) is 11.4 Å². The first-order valence-electron chi connectivity index (χ1n) is 5.46. The van der Waals surface area contributed by atoms with Gasteiger partial charge in [-0.25, -0.2) is 0 Å². The molecule has 0 amide bonds. The van der Waals surface area contributed by atoms with Gasteiger partial charge in [0.25, 0.3) is 0 Å². The molecule has 0 saturated heterocycles. The zero-order valence-electron chi connectivity index (χ0n) is 11.3. The third-order valence-electron chi connectivity index (χ3n) is 2.62. The molecule has 0 fully saturated rings. The quantitative estimate of drug-likeness (QED) is 0.751. The zero-order valence-corrected chi connectivity index (χ0v) is 11.3. The molecule has 5 nitrogen and oxygen atoms in total. The van der Waals surface area contributed by atoms with Gasteiger partial charge in [0.05, 0.1) is 13.3 Å². The van der Waals surface area contributed by atoms with Crippen LogP contribution in [0.2, 0.25) is 0 Å². The van der Waals surface area contributed by atoms with E-state index in [1.807, 2.05) is 20.8 Å². The standard InChI is InChI=1S/C12H20N2O3/c1-12(2,3)11(17-6)10(15)9-8(16-5)7-13-14(9)4/h7,11H,1-6H3. The van der Waals surface area contributed by atoms with Crippen molar-refractivity contribution < 1.29 is 14.3 Å². The van der Waals surface area contributed by atoms with Crippen LogP contribution in [-0.4, -0.2) is 35.9 Å². The lowest BCUT2D eigenvalue weighted by Gasteiger charge is -2.28. The Balaban J connectivity index is 3.15. The van der Waals surface area contributed by atoms with E-state index in [9.17, 15) is 4.79 Å². The number of carbonyl (C=O) groups excluding carboxylic acids is 1. The summed E-state index contributed by atoms with van der Waals surface area (Å²) >= 11 is 0. The van der Waals surface area contributed by atoms with Gasteiger partial charge < -0.3 is 9.47 Å². The van der Waals surface area contributed by atoms with E-state index in [2.05, 4.69) is 5.10 Å². The average Bonchev–Trinajstić information content (AvgIpc) is 2.58. The number of hydrogen-bond acceptors (Lipinski definition) is 4. The van der Waals surface area contributed by atoms with E-state index in [-0.39, 0.29) is 11.2 Å². The lowest BCUT2D eigenvalue weighted by Crippen LogP contribution is -2.37. The number of aromatic nitrogens is 2. The molecule has 0 N–H and O–H groups in total. The molecule has 96 valence electrons. The van der Waals surface area contributed by atoms with E-state index < -0.39 is 6.10 Å². The van der Waals surface area contributed by atoms with Crippen LogP contribution in [0.15, 0.2) is 6.20 Å². The summed E-state index contributed by atoms with van der Waals surface area (Å²) in [5.41, 5.74) is 0.162. The van der Waals surface area contributed by atoms with Crippen molar-refractivity contribution in [3.8, 4) is 5.75 Å². The Labute approximate surface area is 102 Å². The van der Waals surface area contributed by atoms with Gasteiger partial charge in [-0.15, -0.1) is 0 Å². The lowest BCUT2D eigenvalue weighted by molar-refractivity contribution is 0.0186. The molecule has 1 atom stereocenters. The Morgan fingerprint density at radius 2 is 2.00 bits per heavy atom. The van der Waals surface area contributed by atoms with Gasteiger partial charge in [0.1, 0.15) is 11.8 Å². The molecule has 0 bridgehead atoms. The van der Waals surface area contributed by atoms with Crippen molar-refractivity contribution in [2.45, 2.75) is 26.9 Å². The molecule has 1 unspecified atom stereocenters. The third kappa shape index (κ3) is 2.66. The van der Waals surface area contributed by atoms with Crippen LogP contribution in [0.3, 0.4) is 0 Å². The fourth-order valence-corrected chi connectivity index (χ4v) is 1.83. The molecular formula is C12H20N2O3. The minimum absolute atomic E-state index is 0.114. The number of carbonyl (C=O) groups is 1. The topological polar surface area (TPSA) is 53.4 Å². The van der Waals surface area contributed by atoms with Gasteiger partial charge in [-0.2, -0.15) is 5.10 Å². The second-order valence-electron chi connectivity index (χ2n) is 5.03. The molecule has 1 aromatic heterocycles. The monoisotopic (exact) mass is 240 g/mol. The van der Waals surface area contributed by atoms with Crippen LogP contribution in [0.1, 0.15) is 31.3 Å². The van der Waals surface area contributed by atoms with Crippen LogP contribution in [0, 0.1) is 5.41 Å². The van der Waals surface area contributed by atoms with Crippen LogP contribution < -0.4 is 4.74 Å². The number of ketones is 1. The minimum Gasteiger partial charge on any atom is -0.493 e. The first-order chi connectivity index (χ1) is 7.82. The molecule has 0 radical (unpaired) electrons. The highest BCUT2D eigenvalue weighted by atomic mass is 16.5. The van der Waals surface area contributed by atoms with Crippen molar-refractivity contribution in [1.82, 2.24) is 9.78 Å². The largest absolute Gasteiger partial charge is 0.493 e. The Morgan fingerprint density at radius 1 is 1.41 bits per heavy atom. The van der Waals surface area contributed by atoms with Crippen molar-refractivity contribution >= 4 is 5.78 Å². The molecule has 17 heavy (non-hydrogen) atoms. The number of ether oxygens (including phenoxy) is 2. The summed E-state index contributed by atoms with van der Waals surface area (Å²) in [7, 11) is 4.77. The summed E-state index contributed by atoms with van der Waals surface area (Å²) in [4.78, 5) is 12.4. The molecule has 0 aliphatic rings. The predicted octanol–water partition coefficient (Wildman–Crippen LogP) is 1.67. The smallest absolute Gasteiger partial charge is 0.213 e. The number of Topliss-reactive ketones (excluding diaryl/α,β-unsaturated/α-hetero) is 1. The number of rotatable bonds is 4. The van der Waals surface area contributed by atoms with Crippen molar-refractivity contribution in [3.63, 3.8) is 0 Å². The van der Waals surface area contributed by atoms with Gasteiger partial charge in [-0.05, 0) is 5.41 Å². The normalized spacial score (nSPS) is 13.5. The SMILES string of the molecule is COc1cnn(C)c1C(=O)C(OC)C(C)(C)C. The Hall–Kier alpha value is -1.36. The molecule has 5 heteroatoms. The third-order valence-corrected chi connectivity index (χ3v) is 2.62. The predicted molar refractivity (Wildman–Crippen MR) is 64.3 cm³/mol. The molecule has 0 aliphatic carbocycles. The van der Waals surface area contributed by atoms with Gasteiger partial charge in [0.15, 0.2) is 5.75 Å². The Morgan fingerprint density at radius 3 is 2.41 bits per heavy atom. The summed E-state index contributed by atoms with van der Waals surface area (Å²) in [5, 5.41) is 4.02. The fourth-order valence-electron chi connectivity index (χ4n) is 1.83. The number of hydrogen-bond donors (Lipinski definition) is 0. The van der Waals surface area contributed by atoms with Crippen molar-refractivity contribution in [2.75, 3.05) is 14.2 Å². The van der Waals surface area contributed by atoms with Gasteiger partial charge in [-0.1, -0.05) is 20.8 Å². The van der Waals surface area contributed by atoms with Crippen molar-refractivity contribution in [2.24, 2.45) is 12.5 Å². The molecule has 0 spiro atoms. The van der Waals surface area contributed by atoms with E-state index in [1.165, 1.54) is 25.1 Å². The van der Waals surface area contributed by atoms with E-state index >= 15 is 0 Å². The maximum absolute atomic E-state index is 12.4. The molecule has 0 saturated carbocycles. The van der Waals surface area contributed by atoms with Crippen LogP contribution >= 0.6 is 0 Å². The van der Waals surface area contributed by atoms with Gasteiger partial charge >= 0.3 is 0 Å². The Bertz CT molecular complexity index is 404. The summed E-state index contributed by atoms with van der Waals surface area (Å²) in [6.07, 6.45) is 1.01. The van der Waals surface area contributed by atoms with Crippen molar-refractivity contribution in [1.29, 1.82) is 0 Å². The summed E-state index contributed by atoms with van der Waals surface area (Å²) in [6, 6.07) is 0. The van der Waals surface area contributed by atoms with E-state index in [4.69, 9.17) is 9.47 Å². The zero-order chi connectivity index (χ0) is 13.2. The molecule has 1 heterocycles. The van der Waals surface area contributed by atoms with Crippen molar-refractivity contribution in [3.05, 3.63) is 11.9 Å². The molecule has 0 aliphatic heterocycles. The molecule has 1 aromatic rings. The van der Waals surface area contributed by atoms with Gasteiger partial charge in [-0.3, -0.25) is 9.48 Å². The van der Waals surface area contributed by atoms with Crippen LogP contribution in [0.25, 0.3) is 0 Å². The highest BCUT2D eigenvalue weighted by Gasteiger charge is 2.35. The molecule has 0 aromatic carbocycles. The maximum Gasteiger partial charge on any atom is 0.213 e. The fraction of sp³-hybridized carbons (Fsp3) is 0.667. The lowest BCUT2D eigenvalue weighted by atomic mass is 9.85. The first-order valence-corrected chi connectivity index (χ1v) is 5.46. The number of nitrogens with zero attached hydrogens (tertiary/aromatic N) is 2. The van der Waals surface area contributed by atoms with Gasteiger partial charge in [0.2, 0.25) is 5.78 Å². The minimum atomic E-state index is -0.521. The highest BCUT2D eigenvalue weighted by molar-refractivity contribution is 6.00. The second kappa shape index (κ2) is 4.87. The summed E-state index contributed by atoms with van der Waals surface area (Å²) in [6.45, 7) is 5.88. The number of aryl methyl sites for hydroxylation is 1. The van der Waals surface area contributed by atoms with E-state index in [0.717, 1.165) is 0 Å². The Kier molecular flexibility index (Phi) is 3.93. The molecule has 1 rings (SSSR count). The molecular weight excluding hydrogens is 220 g/mol. The van der Waals surface area contributed by atoms with Crippen LogP contribution in [-0.2, 0) is 11.8 Å². The second-order valence-corrected chi connectivity index (χ2v) is 5.03. The first kappa shape index (κ1) is 13.7.